The molecule has 0 radical (unpaired) electrons. The minimum atomic E-state index is -1.02. The number of hydrogen-bond acceptors (Lipinski definition) is 3. The number of aryl methyl sites for hydroxylation is 1. The highest BCUT2D eigenvalue weighted by Crippen LogP contribution is 2.26. The topological polar surface area (TPSA) is 64.3 Å². The molecule has 0 saturated carbocycles. The lowest BCUT2D eigenvalue weighted by atomic mass is 10.1. The molecule has 0 spiro atoms. The second-order valence-electron chi connectivity index (χ2n) is 4.18. The van der Waals surface area contributed by atoms with E-state index in [4.69, 9.17) is 4.74 Å². The van der Waals surface area contributed by atoms with E-state index in [1.54, 1.807) is 18.5 Å². The van der Waals surface area contributed by atoms with Crippen LogP contribution in [-0.2, 0) is 7.05 Å². The average Bonchev–Trinajstić information content (AvgIpc) is 2.68. The first kappa shape index (κ1) is 13.1. The normalized spacial score (nSPS) is 10.5. The van der Waals surface area contributed by atoms with Gasteiger partial charge in [-0.3, -0.25) is 0 Å². The largest absolute Gasteiger partial charge is 0.494 e. The number of hydrogen-bond donors (Lipinski definition) is 1. The van der Waals surface area contributed by atoms with Crippen molar-refractivity contribution in [3.8, 4) is 17.0 Å². The smallest absolute Gasteiger partial charge is 0.356 e. The molecule has 0 bridgehead atoms. The highest BCUT2D eigenvalue weighted by molar-refractivity contribution is 5.93. The SMILES string of the molecule is CCOc1ccc(-c2c(C(=O)O)nc(C)n2C)cc1. The zero-order chi connectivity index (χ0) is 14.0. The molecule has 0 aliphatic carbocycles. The van der Waals surface area contributed by atoms with Crippen molar-refractivity contribution in [2.75, 3.05) is 6.61 Å². The number of imidazole rings is 1. The van der Waals surface area contributed by atoms with Crippen LogP contribution >= 0.6 is 0 Å². The fourth-order valence-electron chi connectivity index (χ4n) is 1.97. The third kappa shape index (κ3) is 2.45. The van der Waals surface area contributed by atoms with Gasteiger partial charge in [0.15, 0.2) is 5.69 Å². The molecule has 5 nitrogen and oxygen atoms in total. The van der Waals surface area contributed by atoms with Crippen molar-refractivity contribution in [2.45, 2.75) is 13.8 Å². The van der Waals surface area contributed by atoms with Crippen molar-refractivity contribution in [1.82, 2.24) is 9.55 Å². The summed E-state index contributed by atoms with van der Waals surface area (Å²) in [5.74, 6) is 0.413. The molecule has 2 aromatic rings. The summed E-state index contributed by atoms with van der Waals surface area (Å²) in [5, 5.41) is 9.20. The first-order chi connectivity index (χ1) is 9.04. The molecule has 19 heavy (non-hydrogen) atoms. The van der Waals surface area contributed by atoms with Crippen molar-refractivity contribution in [3.05, 3.63) is 35.8 Å². The van der Waals surface area contributed by atoms with E-state index in [-0.39, 0.29) is 5.69 Å². The van der Waals surface area contributed by atoms with Gasteiger partial charge in [0.25, 0.3) is 0 Å². The lowest BCUT2D eigenvalue weighted by Gasteiger charge is -2.07. The van der Waals surface area contributed by atoms with Crippen LogP contribution in [0.3, 0.4) is 0 Å². The van der Waals surface area contributed by atoms with E-state index in [0.717, 1.165) is 11.3 Å². The monoisotopic (exact) mass is 260 g/mol. The average molecular weight is 260 g/mol. The summed E-state index contributed by atoms with van der Waals surface area (Å²) in [7, 11) is 1.81. The van der Waals surface area contributed by atoms with Gasteiger partial charge in [-0.1, -0.05) is 0 Å². The van der Waals surface area contributed by atoms with Gasteiger partial charge in [0.05, 0.1) is 12.3 Å². The van der Waals surface area contributed by atoms with Gasteiger partial charge in [-0.25, -0.2) is 9.78 Å². The highest BCUT2D eigenvalue weighted by atomic mass is 16.5. The Morgan fingerprint density at radius 3 is 2.53 bits per heavy atom. The lowest BCUT2D eigenvalue weighted by molar-refractivity contribution is 0.0692. The number of carboxylic acid groups (broad SMARTS) is 1. The molecule has 1 aromatic heterocycles. The maximum Gasteiger partial charge on any atom is 0.356 e. The summed E-state index contributed by atoms with van der Waals surface area (Å²) in [6, 6.07) is 7.33. The first-order valence-corrected chi connectivity index (χ1v) is 6.04. The van der Waals surface area contributed by atoms with Crippen molar-refractivity contribution in [3.63, 3.8) is 0 Å². The van der Waals surface area contributed by atoms with Crippen molar-refractivity contribution in [2.24, 2.45) is 7.05 Å². The van der Waals surface area contributed by atoms with Gasteiger partial charge >= 0.3 is 5.97 Å². The minimum Gasteiger partial charge on any atom is -0.494 e. The van der Waals surface area contributed by atoms with Crippen LogP contribution in [0.25, 0.3) is 11.3 Å². The number of carboxylic acids is 1. The molecular weight excluding hydrogens is 244 g/mol. The number of rotatable bonds is 4. The summed E-state index contributed by atoms with van der Waals surface area (Å²) in [6.07, 6.45) is 0. The Morgan fingerprint density at radius 1 is 1.37 bits per heavy atom. The van der Waals surface area contributed by atoms with Crippen LogP contribution in [0.4, 0.5) is 0 Å². The van der Waals surface area contributed by atoms with E-state index in [0.29, 0.717) is 18.1 Å². The van der Waals surface area contributed by atoms with Gasteiger partial charge < -0.3 is 14.4 Å². The summed E-state index contributed by atoms with van der Waals surface area (Å²) in [6.45, 7) is 4.30. The summed E-state index contributed by atoms with van der Waals surface area (Å²) in [4.78, 5) is 15.3. The second-order valence-corrected chi connectivity index (χ2v) is 4.18. The molecule has 100 valence electrons. The van der Waals surface area contributed by atoms with Crippen molar-refractivity contribution in [1.29, 1.82) is 0 Å². The molecule has 1 N–H and O–H groups in total. The van der Waals surface area contributed by atoms with Crippen LogP contribution in [0.15, 0.2) is 24.3 Å². The van der Waals surface area contributed by atoms with Crippen molar-refractivity contribution >= 4 is 5.97 Å². The zero-order valence-corrected chi connectivity index (χ0v) is 11.2. The van der Waals surface area contributed by atoms with Crippen LogP contribution < -0.4 is 4.74 Å². The molecular formula is C14H16N2O3. The Labute approximate surface area is 111 Å². The van der Waals surface area contributed by atoms with Crippen molar-refractivity contribution < 1.29 is 14.6 Å². The molecule has 1 heterocycles. The van der Waals surface area contributed by atoms with Crippen LogP contribution in [-0.4, -0.2) is 27.2 Å². The molecule has 0 fully saturated rings. The number of aromatic carboxylic acids is 1. The number of aromatic nitrogens is 2. The van der Waals surface area contributed by atoms with Gasteiger partial charge in [-0.15, -0.1) is 0 Å². The maximum absolute atomic E-state index is 11.2. The maximum atomic E-state index is 11.2. The Morgan fingerprint density at radius 2 is 2.00 bits per heavy atom. The van der Waals surface area contributed by atoms with Crippen LogP contribution in [0.2, 0.25) is 0 Å². The summed E-state index contributed by atoms with van der Waals surface area (Å²) in [5.41, 5.74) is 1.49. The van der Waals surface area contributed by atoms with E-state index in [9.17, 15) is 9.90 Å². The minimum absolute atomic E-state index is 0.0733. The Hall–Kier alpha value is -2.30. The number of ether oxygens (including phenoxy) is 1. The summed E-state index contributed by atoms with van der Waals surface area (Å²) < 4.78 is 7.15. The standard InChI is InChI=1S/C14H16N2O3/c1-4-19-11-7-5-10(6-8-11)13-12(14(17)18)15-9(2)16(13)3/h5-8H,4H2,1-3H3,(H,17,18). The lowest BCUT2D eigenvalue weighted by Crippen LogP contribution is -2.01. The Bertz CT molecular complexity index is 600. The Balaban J connectivity index is 2.49. The molecule has 0 unspecified atom stereocenters. The molecule has 0 atom stereocenters. The molecule has 1 aromatic carbocycles. The number of benzene rings is 1. The van der Waals surface area contributed by atoms with Crippen LogP contribution in [0.5, 0.6) is 5.75 Å². The number of nitrogens with zero attached hydrogens (tertiary/aromatic N) is 2. The molecule has 0 saturated heterocycles. The predicted octanol–water partition coefficient (Wildman–Crippen LogP) is 2.49. The van der Waals surface area contributed by atoms with E-state index >= 15 is 0 Å². The molecule has 0 amide bonds. The van der Waals surface area contributed by atoms with Gasteiger partial charge in [0, 0.05) is 12.6 Å². The number of carbonyl (C=O) groups is 1. The van der Waals surface area contributed by atoms with Gasteiger partial charge in [0.2, 0.25) is 0 Å². The fraction of sp³-hybridized carbons (Fsp3) is 0.286. The van der Waals surface area contributed by atoms with E-state index in [1.165, 1.54) is 0 Å². The first-order valence-electron chi connectivity index (χ1n) is 6.04. The molecule has 5 heteroatoms. The second kappa shape index (κ2) is 5.14. The summed E-state index contributed by atoms with van der Waals surface area (Å²) >= 11 is 0. The van der Waals surface area contributed by atoms with Gasteiger partial charge in [0.1, 0.15) is 11.6 Å². The van der Waals surface area contributed by atoms with Crippen LogP contribution in [0, 0.1) is 6.92 Å². The Kier molecular flexibility index (Phi) is 3.55. The third-order valence-corrected chi connectivity index (χ3v) is 2.96. The van der Waals surface area contributed by atoms with E-state index in [2.05, 4.69) is 4.98 Å². The third-order valence-electron chi connectivity index (χ3n) is 2.96. The van der Waals surface area contributed by atoms with E-state index < -0.39 is 5.97 Å². The van der Waals surface area contributed by atoms with Gasteiger partial charge in [-0.2, -0.15) is 0 Å². The van der Waals surface area contributed by atoms with Gasteiger partial charge in [-0.05, 0) is 38.1 Å². The molecule has 0 aliphatic rings. The predicted molar refractivity (Wildman–Crippen MR) is 71.5 cm³/mol. The molecule has 0 aliphatic heterocycles. The fourth-order valence-corrected chi connectivity index (χ4v) is 1.97. The quantitative estimate of drug-likeness (QED) is 0.917. The zero-order valence-electron chi connectivity index (χ0n) is 11.2. The molecule has 2 rings (SSSR count). The van der Waals surface area contributed by atoms with Crippen LogP contribution in [0.1, 0.15) is 23.2 Å². The highest BCUT2D eigenvalue weighted by Gasteiger charge is 2.19. The van der Waals surface area contributed by atoms with E-state index in [1.807, 2.05) is 31.2 Å².